The van der Waals surface area contributed by atoms with Crippen molar-refractivity contribution in [2.75, 3.05) is 40.3 Å². The summed E-state index contributed by atoms with van der Waals surface area (Å²) in [5.41, 5.74) is 3.53. The molecular weight excluding hydrogens is 792 g/mol. The number of carbonyl (C=O) groups is 3. The van der Waals surface area contributed by atoms with Crippen LogP contribution in [0.25, 0.3) is 22.5 Å². The van der Waals surface area contributed by atoms with Gasteiger partial charge in [-0.25, -0.2) is 14.6 Å². The van der Waals surface area contributed by atoms with E-state index in [9.17, 15) is 34.6 Å². The van der Waals surface area contributed by atoms with Crippen LogP contribution in [0.15, 0.2) is 48.5 Å². The Morgan fingerprint density at radius 3 is 2.16 bits per heavy atom. The van der Waals surface area contributed by atoms with Gasteiger partial charge in [0.05, 0.1) is 26.4 Å². The summed E-state index contributed by atoms with van der Waals surface area (Å²) in [6.07, 6.45) is 3.36. The topological polar surface area (TPSA) is 264 Å². The van der Waals surface area contributed by atoms with E-state index in [1.165, 1.54) is 7.11 Å². The first-order valence-electron chi connectivity index (χ1n) is 17.8. The first kappa shape index (κ1) is 46.0. The molecule has 0 spiro atoms. The Bertz CT molecular complexity index is 1910. The van der Waals surface area contributed by atoms with E-state index in [4.69, 9.17) is 30.5 Å². The molecule has 22 nitrogen and oxygen atoms in total. The number of aromatic nitrogens is 6. The number of imidazole rings is 1. The second-order valence-corrected chi connectivity index (χ2v) is 12.1. The maximum atomic E-state index is 12.8. The summed E-state index contributed by atoms with van der Waals surface area (Å²) in [6, 6.07) is 15.3. The molecule has 0 aliphatic rings. The summed E-state index contributed by atoms with van der Waals surface area (Å²) >= 11 is 6.39. The zero-order valence-corrected chi connectivity index (χ0v) is 32.5. The Kier molecular flexibility index (Phi) is 20.4. The molecule has 0 aliphatic carbocycles. The van der Waals surface area contributed by atoms with Crippen LogP contribution in [0, 0.1) is 20.2 Å². The number of esters is 1. The van der Waals surface area contributed by atoms with Crippen molar-refractivity contribution in [2.24, 2.45) is 0 Å². The second kappa shape index (κ2) is 25.7. The quantitative estimate of drug-likeness (QED) is 0.0157. The Hall–Kier alpha value is -6.42. The lowest BCUT2D eigenvalue weighted by Gasteiger charge is -2.13. The number of hydrogen-bond acceptors (Lipinski definition) is 18. The van der Waals surface area contributed by atoms with Crippen molar-refractivity contribution in [3.05, 3.63) is 91.0 Å². The van der Waals surface area contributed by atoms with Crippen molar-refractivity contribution in [3.63, 3.8) is 0 Å². The van der Waals surface area contributed by atoms with Gasteiger partial charge in [-0.2, -0.15) is 0 Å². The van der Waals surface area contributed by atoms with Crippen LogP contribution in [-0.4, -0.2) is 98.9 Å². The van der Waals surface area contributed by atoms with Crippen molar-refractivity contribution in [2.45, 2.75) is 65.1 Å². The van der Waals surface area contributed by atoms with Gasteiger partial charge in [-0.05, 0) is 54.0 Å². The van der Waals surface area contributed by atoms with Gasteiger partial charge in [0.15, 0.2) is 17.6 Å². The molecule has 0 radical (unpaired) electrons. The third-order valence-electron chi connectivity index (χ3n) is 7.66. The average Bonchev–Trinajstić information content (AvgIpc) is 3.82. The Morgan fingerprint density at radius 1 is 0.862 bits per heavy atom. The van der Waals surface area contributed by atoms with E-state index in [-0.39, 0.29) is 50.8 Å². The van der Waals surface area contributed by atoms with E-state index in [1.807, 2.05) is 48.5 Å². The molecule has 0 N–H and O–H groups in total. The molecule has 0 unspecified atom stereocenters. The molecule has 2 heterocycles. The molecule has 2 aromatic heterocycles. The summed E-state index contributed by atoms with van der Waals surface area (Å²) in [4.78, 5) is 67.7. The molecular formula is C35H43ClN8O14. The van der Waals surface area contributed by atoms with Gasteiger partial charge in [-0.15, -0.1) is 35.2 Å². The van der Waals surface area contributed by atoms with E-state index < -0.39 is 22.3 Å². The molecule has 314 valence electrons. The number of methoxy groups -OCH3 is 1. The van der Waals surface area contributed by atoms with Gasteiger partial charge in [0.2, 0.25) is 12.6 Å². The zero-order chi connectivity index (χ0) is 42.1. The Morgan fingerprint density at radius 2 is 1.52 bits per heavy atom. The first-order chi connectivity index (χ1) is 28.1. The van der Waals surface area contributed by atoms with Crippen LogP contribution in [0.1, 0.15) is 67.3 Å². The third kappa shape index (κ3) is 16.0. The summed E-state index contributed by atoms with van der Waals surface area (Å²) in [5, 5.41) is 30.5. The van der Waals surface area contributed by atoms with Crippen LogP contribution >= 0.6 is 11.6 Å². The minimum Gasteiger partial charge on any atom is -0.468 e. The summed E-state index contributed by atoms with van der Waals surface area (Å²) in [6.45, 7) is 2.51. The van der Waals surface area contributed by atoms with E-state index in [1.54, 1.807) is 4.57 Å². The van der Waals surface area contributed by atoms with E-state index in [2.05, 4.69) is 41.7 Å². The highest BCUT2D eigenvalue weighted by Crippen LogP contribution is 2.30. The fourth-order valence-corrected chi connectivity index (χ4v) is 5.25. The number of carbonyl (C=O) groups excluding carboxylic acids is 3. The predicted molar refractivity (Wildman–Crippen MR) is 200 cm³/mol. The third-order valence-corrected chi connectivity index (χ3v) is 7.92. The van der Waals surface area contributed by atoms with E-state index >= 15 is 0 Å². The highest BCUT2D eigenvalue weighted by atomic mass is 35.5. The number of halogens is 1. The van der Waals surface area contributed by atoms with Crippen molar-refractivity contribution in [3.8, 4) is 22.5 Å². The fourth-order valence-electron chi connectivity index (χ4n) is 4.97. The number of aryl methyl sites for hydroxylation is 1. The molecule has 4 aromatic rings. The molecule has 0 atom stereocenters. The smallest absolute Gasteiger partial charge is 0.468 e. The van der Waals surface area contributed by atoms with Gasteiger partial charge in [0, 0.05) is 25.6 Å². The van der Waals surface area contributed by atoms with Crippen LogP contribution in [-0.2, 0) is 57.9 Å². The average molecular weight is 835 g/mol. The van der Waals surface area contributed by atoms with Crippen molar-refractivity contribution in [1.82, 2.24) is 29.8 Å². The Balaban J connectivity index is 0.000000714. The number of rotatable bonds is 25. The SMILES string of the molecule is CCCCc1nc(Cl)c(C(=O)OCOC)n1Cc1ccc(-c2ccccc2-c2nnn(COC(=O)OCCCCO[N+](=O)[O-])n2)cc1.O=COCCCCO[N+](=O)[O-]. The van der Waals surface area contributed by atoms with Gasteiger partial charge in [-0.1, -0.05) is 73.5 Å². The molecule has 0 amide bonds. The van der Waals surface area contributed by atoms with Gasteiger partial charge < -0.3 is 37.9 Å². The van der Waals surface area contributed by atoms with Gasteiger partial charge in [-0.3, -0.25) is 4.79 Å². The van der Waals surface area contributed by atoms with E-state index in [0.29, 0.717) is 62.3 Å². The molecule has 0 bridgehead atoms. The number of nitrogens with zero attached hydrogens (tertiary/aromatic N) is 8. The number of tetrazole rings is 1. The summed E-state index contributed by atoms with van der Waals surface area (Å²) in [5.74, 6) is 0.404. The lowest BCUT2D eigenvalue weighted by molar-refractivity contribution is -0.757. The predicted octanol–water partition coefficient (Wildman–Crippen LogP) is 5.26. The normalized spacial score (nSPS) is 10.5. The molecule has 4 rings (SSSR count). The monoisotopic (exact) mass is 834 g/mol. The molecule has 23 heteroatoms. The summed E-state index contributed by atoms with van der Waals surface area (Å²) < 4.78 is 26.1. The van der Waals surface area contributed by atoms with E-state index in [0.717, 1.165) is 34.3 Å². The maximum Gasteiger partial charge on any atom is 0.510 e. The zero-order valence-electron chi connectivity index (χ0n) is 31.8. The number of ether oxygens (including phenoxy) is 5. The van der Waals surface area contributed by atoms with Gasteiger partial charge >= 0.3 is 12.1 Å². The Labute approximate surface area is 336 Å². The minimum absolute atomic E-state index is 0.0142. The molecule has 0 aliphatic heterocycles. The standard InChI is InChI=1S/C30H34ClN7O9.C5H9NO5/c1-3-4-11-25-32-27(31)26(29(39)46-20-43-2)36(25)18-21-12-14-22(15-13-21)23-9-5-6-10-24(23)28-33-35-37(34-28)19-45-30(40)44-16-7-8-17-47-38(41)42;7-5-10-3-1-2-4-11-6(8)9/h5-6,9-10,12-15H,3-4,7-8,11,16-20H2,1-2H3;5H,1-4H2. The molecule has 0 fully saturated rings. The van der Waals surface area contributed by atoms with Gasteiger partial charge in [0.1, 0.15) is 5.82 Å². The minimum atomic E-state index is -0.936. The lowest BCUT2D eigenvalue weighted by atomic mass is 9.98. The van der Waals surface area contributed by atoms with Crippen LogP contribution < -0.4 is 0 Å². The largest absolute Gasteiger partial charge is 0.510 e. The molecule has 0 saturated carbocycles. The van der Waals surface area contributed by atoms with Crippen molar-refractivity contribution in [1.29, 1.82) is 0 Å². The number of unbranched alkanes of at least 4 members (excludes halogenated alkanes) is 3. The van der Waals surface area contributed by atoms with Gasteiger partial charge in [0.25, 0.3) is 16.6 Å². The highest BCUT2D eigenvalue weighted by molar-refractivity contribution is 6.32. The first-order valence-corrected chi connectivity index (χ1v) is 18.2. The summed E-state index contributed by atoms with van der Waals surface area (Å²) in [7, 11) is 1.43. The van der Waals surface area contributed by atoms with Crippen LogP contribution in [0.3, 0.4) is 0 Å². The second-order valence-electron chi connectivity index (χ2n) is 11.8. The maximum absolute atomic E-state index is 12.8. The van der Waals surface area contributed by atoms with Crippen molar-refractivity contribution < 1.29 is 57.9 Å². The fraction of sp³-hybridized carbons (Fsp3) is 0.457. The van der Waals surface area contributed by atoms with Crippen molar-refractivity contribution >= 4 is 30.2 Å². The van der Waals surface area contributed by atoms with Crippen LogP contribution in [0.2, 0.25) is 5.15 Å². The number of benzene rings is 2. The van der Waals surface area contributed by atoms with Crippen LogP contribution in [0.4, 0.5) is 4.79 Å². The molecule has 58 heavy (non-hydrogen) atoms. The molecule has 0 saturated heterocycles. The number of hydrogen-bond donors (Lipinski definition) is 0. The lowest BCUT2D eigenvalue weighted by Crippen LogP contribution is -2.16. The van der Waals surface area contributed by atoms with Crippen LogP contribution in [0.5, 0.6) is 0 Å². The molecule has 2 aromatic carbocycles. The highest BCUT2D eigenvalue weighted by Gasteiger charge is 2.24.